The van der Waals surface area contributed by atoms with Gasteiger partial charge in [-0.2, -0.15) is 5.26 Å². The second-order valence-corrected chi connectivity index (χ2v) is 9.38. The fourth-order valence-electron chi connectivity index (χ4n) is 4.38. The maximum absolute atomic E-state index is 12.8. The van der Waals surface area contributed by atoms with Gasteiger partial charge < -0.3 is 15.0 Å². The summed E-state index contributed by atoms with van der Waals surface area (Å²) in [7, 11) is 0. The molecule has 2 N–H and O–H groups in total. The van der Waals surface area contributed by atoms with Gasteiger partial charge >= 0.3 is 5.97 Å². The van der Waals surface area contributed by atoms with E-state index in [1.54, 1.807) is 12.1 Å². The second kappa shape index (κ2) is 9.08. The quantitative estimate of drug-likeness (QED) is 0.384. The number of thiophene rings is 1. The van der Waals surface area contributed by atoms with Crippen LogP contribution < -0.4 is 5.32 Å². The van der Waals surface area contributed by atoms with Crippen LogP contribution in [0.1, 0.15) is 56.2 Å². The largest absolute Gasteiger partial charge is 0.478 e. The molecule has 7 heteroatoms. The zero-order chi connectivity index (χ0) is 23.7. The third-order valence-corrected chi connectivity index (χ3v) is 7.38. The van der Waals surface area contributed by atoms with Gasteiger partial charge in [-0.15, -0.1) is 11.3 Å². The summed E-state index contributed by atoms with van der Waals surface area (Å²) in [6.45, 7) is 5.69. The van der Waals surface area contributed by atoms with Crippen LogP contribution in [-0.2, 0) is 17.6 Å². The van der Waals surface area contributed by atoms with Crippen molar-refractivity contribution in [2.75, 3.05) is 5.32 Å². The first-order valence-corrected chi connectivity index (χ1v) is 11.7. The number of benzene rings is 1. The molecule has 0 saturated heterocycles. The van der Waals surface area contributed by atoms with Crippen LogP contribution in [0, 0.1) is 32.1 Å². The van der Waals surface area contributed by atoms with Gasteiger partial charge in [0, 0.05) is 22.0 Å². The molecule has 2 heterocycles. The first-order valence-electron chi connectivity index (χ1n) is 10.9. The third kappa shape index (κ3) is 4.22. The molecule has 0 saturated carbocycles. The van der Waals surface area contributed by atoms with E-state index >= 15 is 0 Å². The monoisotopic (exact) mass is 459 g/mol. The summed E-state index contributed by atoms with van der Waals surface area (Å²) in [5, 5.41) is 23.1. The number of carbonyl (C=O) groups is 2. The Balaban J connectivity index is 1.74. The van der Waals surface area contributed by atoms with Crippen molar-refractivity contribution in [3.05, 3.63) is 74.4 Å². The summed E-state index contributed by atoms with van der Waals surface area (Å²) in [6, 6.07) is 11.3. The number of carbonyl (C=O) groups excluding carboxylic acids is 1. The average Bonchev–Trinajstić information content (AvgIpc) is 3.29. The van der Waals surface area contributed by atoms with Gasteiger partial charge in [0.1, 0.15) is 16.6 Å². The van der Waals surface area contributed by atoms with Crippen LogP contribution in [0.15, 0.2) is 35.9 Å². The second-order valence-electron chi connectivity index (χ2n) is 8.30. The Morgan fingerprint density at radius 2 is 1.91 bits per heavy atom. The number of hydrogen-bond acceptors (Lipinski definition) is 4. The molecule has 0 atom stereocenters. The van der Waals surface area contributed by atoms with E-state index in [2.05, 4.69) is 5.32 Å². The van der Waals surface area contributed by atoms with Gasteiger partial charge in [0.25, 0.3) is 5.91 Å². The summed E-state index contributed by atoms with van der Waals surface area (Å²) >= 11 is 1.54. The Morgan fingerprint density at radius 1 is 1.18 bits per heavy atom. The molecule has 6 nitrogen and oxygen atoms in total. The van der Waals surface area contributed by atoms with Gasteiger partial charge in [-0.05, 0) is 81.4 Å². The van der Waals surface area contributed by atoms with E-state index in [0.29, 0.717) is 21.8 Å². The van der Waals surface area contributed by atoms with Crippen LogP contribution >= 0.6 is 11.3 Å². The fraction of sp³-hybridized carbons (Fsp3) is 0.269. The number of carboxylic acids is 1. The highest BCUT2D eigenvalue weighted by Gasteiger charge is 2.27. The van der Waals surface area contributed by atoms with Gasteiger partial charge in [0.05, 0.1) is 5.56 Å². The molecule has 1 amide bonds. The Labute approximate surface area is 196 Å². The molecule has 2 aromatic heterocycles. The molecule has 0 bridgehead atoms. The Bertz CT molecular complexity index is 1340. The molecule has 1 aliphatic rings. The Kier molecular flexibility index (Phi) is 6.21. The topological polar surface area (TPSA) is 95.1 Å². The highest BCUT2D eigenvalue weighted by molar-refractivity contribution is 7.15. The number of rotatable bonds is 5. The Hall–Kier alpha value is -3.63. The number of fused-ring (bicyclic) bond motifs is 1. The lowest BCUT2D eigenvalue weighted by Gasteiger charge is -2.11. The van der Waals surface area contributed by atoms with Gasteiger partial charge in [0.2, 0.25) is 0 Å². The molecule has 0 unspecified atom stereocenters. The SMILES string of the molecule is Cc1ccccc1NC(=O)/C(C#N)=C\c1cc(C)n(-c2sc3c(c2C(=O)O)CCCC3)c1C. The molecule has 4 rings (SSSR count). The molecule has 3 aromatic rings. The predicted octanol–water partition coefficient (Wildman–Crippen LogP) is 5.59. The molecule has 0 aliphatic heterocycles. The minimum atomic E-state index is -0.913. The van der Waals surface area contributed by atoms with Gasteiger partial charge in [-0.25, -0.2) is 4.79 Å². The van der Waals surface area contributed by atoms with Crippen LogP contribution in [0.5, 0.6) is 0 Å². The molecule has 1 aliphatic carbocycles. The zero-order valence-corrected chi connectivity index (χ0v) is 19.7. The summed E-state index contributed by atoms with van der Waals surface area (Å²) in [6.07, 6.45) is 5.34. The van der Waals surface area contributed by atoms with Crippen LogP contribution in [0.3, 0.4) is 0 Å². The number of nitrogens with zero attached hydrogens (tertiary/aromatic N) is 2. The van der Waals surface area contributed by atoms with Crippen molar-refractivity contribution in [3.8, 4) is 11.1 Å². The standard InChI is InChI=1S/C26H25N3O3S/c1-15-8-4-6-10-21(15)28-24(30)19(14-27)13-18-12-16(2)29(17(18)3)25-23(26(31)32)20-9-5-7-11-22(20)33-25/h4,6,8,10,12-13H,5,7,9,11H2,1-3H3,(H,28,30)(H,31,32)/b19-13-. The highest BCUT2D eigenvalue weighted by Crippen LogP contribution is 2.39. The number of anilines is 1. The predicted molar refractivity (Wildman–Crippen MR) is 130 cm³/mol. The van der Waals surface area contributed by atoms with Crippen LogP contribution in [0.25, 0.3) is 11.1 Å². The lowest BCUT2D eigenvalue weighted by molar-refractivity contribution is -0.112. The molecule has 0 radical (unpaired) electrons. The smallest absolute Gasteiger partial charge is 0.339 e. The first kappa shape index (κ1) is 22.6. The van der Waals surface area contributed by atoms with Gasteiger partial charge in [-0.1, -0.05) is 18.2 Å². The molecular weight excluding hydrogens is 434 g/mol. The van der Waals surface area contributed by atoms with E-state index in [1.165, 1.54) is 11.3 Å². The van der Waals surface area contributed by atoms with Gasteiger partial charge in [-0.3, -0.25) is 4.79 Å². The number of amides is 1. The lowest BCUT2D eigenvalue weighted by Crippen LogP contribution is -2.14. The summed E-state index contributed by atoms with van der Waals surface area (Å²) in [4.78, 5) is 26.1. The van der Waals surface area contributed by atoms with Crippen LogP contribution in [0.2, 0.25) is 0 Å². The van der Waals surface area contributed by atoms with E-state index in [4.69, 9.17) is 0 Å². The van der Waals surface area contributed by atoms with Crippen molar-refractivity contribution in [2.45, 2.75) is 46.5 Å². The normalized spacial score (nSPS) is 13.3. The maximum atomic E-state index is 12.8. The number of aryl methyl sites for hydroxylation is 3. The van der Waals surface area contributed by atoms with Crippen molar-refractivity contribution < 1.29 is 14.7 Å². The number of hydrogen-bond donors (Lipinski definition) is 2. The van der Waals surface area contributed by atoms with Crippen molar-refractivity contribution in [1.82, 2.24) is 4.57 Å². The molecule has 1 aromatic carbocycles. The van der Waals surface area contributed by atoms with E-state index < -0.39 is 11.9 Å². The van der Waals surface area contributed by atoms with Crippen LogP contribution in [0.4, 0.5) is 5.69 Å². The highest BCUT2D eigenvalue weighted by atomic mass is 32.1. The van der Waals surface area contributed by atoms with Crippen molar-refractivity contribution >= 4 is 35.0 Å². The van der Waals surface area contributed by atoms with Crippen molar-refractivity contribution in [2.24, 2.45) is 0 Å². The Morgan fingerprint density at radius 3 is 2.61 bits per heavy atom. The summed E-state index contributed by atoms with van der Waals surface area (Å²) in [5.41, 5.74) is 5.25. The number of carboxylic acid groups (broad SMARTS) is 1. The van der Waals surface area contributed by atoms with Gasteiger partial charge in [0.15, 0.2) is 0 Å². The van der Waals surface area contributed by atoms with E-state index in [1.807, 2.05) is 55.7 Å². The lowest BCUT2D eigenvalue weighted by atomic mass is 9.95. The van der Waals surface area contributed by atoms with Crippen molar-refractivity contribution in [3.63, 3.8) is 0 Å². The number of nitriles is 1. The molecular formula is C26H25N3O3S. The number of aromatic nitrogens is 1. The molecule has 0 spiro atoms. The average molecular weight is 460 g/mol. The third-order valence-electron chi connectivity index (χ3n) is 6.10. The minimum absolute atomic E-state index is 0.0116. The minimum Gasteiger partial charge on any atom is -0.478 e. The number of aromatic carboxylic acids is 1. The first-order chi connectivity index (χ1) is 15.8. The van der Waals surface area contributed by atoms with Crippen molar-refractivity contribution in [1.29, 1.82) is 5.26 Å². The molecule has 168 valence electrons. The fourth-order valence-corrected chi connectivity index (χ4v) is 5.87. The molecule has 33 heavy (non-hydrogen) atoms. The summed E-state index contributed by atoms with van der Waals surface area (Å²) in [5.74, 6) is -1.39. The van der Waals surface area contributed by atoms with E-state index in [0.717, 1.165) is 53.1 Å². The number of para-hydroxylation sites is 1. The maximum Gasteiger partial charge on any atom is 0.339 e. The molecule has 0 fully saturated rings. The van der Waals surface area contributed by atoms with E-state index in [9.17, 15) is 20.0 Å². The van der Waals surface area contributed by atoms with E-state index in [-0.39, 0.29) is 5.57 Å². The zero-order valence-electron chi connectivity index (χ0n) is 18.9. The number of nitrogens with one attached hydrogen (secondary N) is 1. The van der Waals surface area contributed by atoms with Crippen LogP contribution in [-0.4, -0.2) is 21.6 Å². The summed E-state index contributed by atoms with van der Waals surface area (Å²) < 4.78 is 1.94.